The normalized spacial score (nSPS) is 23.6. The summed E-state index contributed by atoms with van der Waals surface area (Å²) in [5.41, 5.74) is 2.16. The third-order valence-corrected chi connectivity index (χ3v) is 5.70. The molecule has 0 N–H and O–H groups in total. The molecule has 114 valence electrons. The third-order valence-electron chi connectivity index (χ3n) is 3.94. The Morgan fingerprint density at radius 1 is 1.33 bits per heavy atom. The van der Waals surface area contributed by atoms with Crippen LogP contribution < -0.4 is 0 Å². The second-order valence-corrected chi connectivity index (χ2v) is 7.68. The Kier molecular flexibility index (Phi) is 4.36. The second kappa shape index (κ2) is 6.08. The van der Waals surface area contributed by atoms with Crippen LogP contribution in [0.3, 0.4) is 0 Å². The molecule has 6 heteroatoms. The van der Waals surface area contributed by atoms with Crippen LogP contribution in [-0.4, -0.2) is 32.0 Å². The Labute approximate surface area is 130 Å². The van der Waals surface area contributed by atoms with Gasteiger partial charge in [0.2, 0.25) is 10.0 Å². The van der Waals surface area contributed by atoms with E-state index in [-0.39, 0.29) is 6.10 Å². The van der Waals surface area contributed by atoms with Crippen LogP contribution in [0.1, 0.15) is 24.0 Å². The van der Waals surface area contributed by atoms with Crippen molar-refractivity contribution in [3.05, 3.63) is 45.8 Å². The first kappa shape index (κ1) is 15.0. The molecule has 0 unspecified atom stereocenters. The lowest BCUT2D eigenvalue weighted by atomic mass is 10.0. The summed E-state index contributed by atoms with van der Waals surface area (Å²) in [5.74, 6) is 0. The topological polar surface area (TPSA) is 46.6 Å². The van der Waals surface area contributed by atoms with E-state index in [0.29, 0.717) is 24.7 Å². The monoisotopic (exact) mass is 327 g/mol. The van der Waals surface area contributed by atoms with Crippen molar-refractivity contribution < 1.29 is 13.2 Å². The Morgan fingerprint density at radius 2 is 2.19 bits per heavy atom. The number of benzene rings is 1. The minimum atomic E-state index is -3.40. The Bertz CT molecular complexity index is 651. The van der Waals surface area contributed by atoms with E-state index in [1.54, 1.807) is 6.08 Å². The second-order valence-electron chi connectivity index (χ2n) is 5.42. The van der Waals surface area contributed by atoms with Crippen LogP contribution in [0, 0.1) is 0 Å². The lowest BCUT2D eigenvalue weighted by Crippen LogP contribution is -2.34. The number of sulfonamides is 1. The van der Waals surface area contributed by atoms with Gasteiger partial charge in [-0.1, -0.05) is 17.7 Å². The molecule has 3 rings (SSSR count). The van der Waals surface area contributed by atoms with Gasteiger partial charge in [0, 0.05) is 30.1 Å². The Hall–Kier alpha value is -0.880. The number of ether oxygens (including phenoxy) is 1. The largest absolute Gasteiger partial charge is 0.374 e. The van der Waals surface area contributed by atoms with Crippen LogP contribution >= 0.6 is 11.6 Å². The highest BCUT2D eigenvalue weighted by Gasteiger charge is 2.25. The fraction of sp³-hybridized carbons (Fsp3) is 0.467. The number of halogens is 1. The summed E-state index contributed by atoms with van der Waals surface area (Å²) >= 11 is 5.99. The van der Waals surface area contributed by atoms with Crippen LogP contribution in [0.4, 0.5) is 0 Å². The van der Waals surface area contributed by atoms with E-state index in [1.165, 1.54) is 15.3 Å². The van der Waals surface area contributed by atoms with Gasteiger partial charge in [-0.2, -0.15) is 4.31 Å². The van der Waals surface area contributed by atoms with Gasteiger partial charge in [-0.25, -0.2) is 8.42 Å². The fourth-order valence-electron chi connectivity index (χ4n) is 2.74. The van der Waals surface area contributed by atoms with E-state index in [1.807, 2.05) is 18.2 Å². The number of hydrogen-bond acceptors (Lipinski definition) is 3. The molecule has 0 bridgehead atoms. The molecular weight excluding hydrogens is 310 g/mol. The molecule has 21 heavy (non-hydrogen) atoms. The van der Waals surface area contributed by atoms with Crippen LogP contribution in [0.25, 0.3) is 0 Å². The number of nitrogens with zero attached hydrogens (tertiary/aromatic N) is 1. The van der Waals surface area contributed by atoms with Crippen LogP contribution in [0.5, 0.6) is 0 Å². The first-order chi connectivity index (χ1) is 10.0. The summed E-state index contributed by atoms with van der Waals surface area (Å²) in [7, 11) is -3.40. The average Bonchev–Trinajstić information content (AvgIpc) is 2.98. The molecule has 1 aromatic rings. The summed E-state index contributed by atoms with van der Waals surface area (Å²) in [4.78, 5) is 0. The Morgan fingerprint density at radius 3 is 2.95 bits per heavy atom. The van der Waals surface area contributed by atoms with Gasteiger partial charge in [0.25, 0.3) is 0 Å². The highest BCUT2D eigenvalue weighted by Crippen LogP contribution is 2.25. The van der Waals surface area contributed by atoms with E-state index in [0.717, 1.165) is 24.8 Å². The maximum Gasteiger partial charge on any atom is 0.236 e. The molecular formula is C15H18ClNO3S. The number of fused-ring (bicyclic) bond motifs is 1. The number of hydrogen-bond donors (Lipinski definition) is 0. The van der Waals surface area contributed by atoms with Crippen LogP contribution in [0.2, 0.25) is 5.02 Å². The fourth-order valence-corrected chi connectivity index (χ4v) is 4.15. The molecule has 2 aliphatic heterocycles. The van der Waals surface area contributed by atoms with Crippen molar-refractivity contribution in [1.29, 1.82) is 0 Å². The maximum atomic E-state index is 12.4. The van der Waals surface area contributed by atoms with Crippen molar-refractivity contribution in [2.75, 3.05) is 13.2 Å². The molecule has 2 aliphatic rings. The van der Waals surface area contributed by atoms with Gasteiger partial charge < -0.3 is 4.74 Å². The van der Waals surface area contributed by atoms with Crippen molar-refractivity contribution in [2.24, 2.45) is 0 Å². The summed E-state index contributed by atoms with van der Waals surface area (Å²) in [6.07, 6.45) is 4.20. The molecule has 0 spiro atoms. The van der Waals surface area contributed by atoms with Gasteiger partial charge in [-0.15, -0.1) is 0 Å². The highest BCUT2D eigenvalue weighted by atomic mass is 35.5. The first-order valence-corrected chi connectivity index (χ1v) is 9.00. The Balaban J connectivity index is 1.74. The van der Waals surface area contributed by atoms with Gasteiger partial charge in [-0.05, 0) is 48.6 Å². The SMILES string of the molecule is O=S(=O)(C=C[C@H]1CCCO1)N1CCc2ccc(Cl)cc2C1. The molecule has 2 heterocycles. The third kappa shape index (κ3) is 3.48. The summed E-state index contributed by atoms with van der Waals surface area (Å²) in [6, 6.07) is 5.67. The minimum Gasteiger partial charge on any atom is -0.374 e. The zero-order valence-electron chi connectivity index (χ0n) is 11.7. The van der Waals surface area contributed by atoms with Gasteiger partial charge in [0.05, 0.1) is 6.10 Å². The summed E-state index contributed by atoms with van der Waals surface area (Å²) in [5, 5.41) is 1.93. The lowest BCUT2D eigenvalue weighted by molar-refractivity contribution is 0.145. The predicted octanol–water partition coefficient (Wildman–Crippen LogP) is 2.72. The van der Waals surface area contributed by atoms with E-state index < -0.39 is 10.0 Å². The zero-order chi connectivity index (χ0) is 14.9. The highest BCUT2D eigenvalue weighted by molar-refractivity contribution is 7.92. The van der Waals surface area contributed by atoms with Crippen molar-refractivity contribution in [3.63, 3.8) is 0 Å². The van der Waals surface area contributed by atoms with E-state index in [9.17, 15) is 8.42 Å². The van der Waals surface area contributed by atoms with E-state index in [4.69, 9.17) is 16.3 Å². The van der Waals surface area contributed by atoms with Gasteiger partial charge in [-0.3, -0.25) is 0 Å². The van der Waals surface area contributed by atoms with E-state index >= 15 is 0 Å². The van der Waals surface area contributed by atoms with Crippen LogP contribution in [0.15, 0.2) is 29.7 Å². The summed E-state index contributed by atoms with van der Waals surface area (Å²) in [6.45, 7) is 1.60. The first-order valence-electron chi connectivity index (χ1n) is 7.12. The van der Waals surface area contributed by atoms with Crippen molar-refractivity contribution in [1.82, 2.24) is 4.31 Å². The molecule has 0 saturated carbocycles. The molecule has 1 fully saturated rings. The molecule has 0 aromatic heterocycles. The maximum absolute atomic E-state index is 12.4. The molecule has 0 amide bonds. The van der Waals surface area contributed by atoms with Crippen molar-refractivity contribution in [3.8, 4) is 0 Å². The molecule has 0 radical (unpaired) electrons. The molecule has 4 nitrogen and oxygen atoms in total. The predicted molar refractivity (Wildman–Crippen MR) is 82.6 cm³/mol. The quantitative estimate of drug-likeness (QED) is 0.857. The molecule has 1 aromatic carbocycles. The van der Waals surface area contributed by atoms with Crippen molar-refractivity contribution in [2.45, 2.75) is 31.9 Å². The van der Waals surface area contributed by atoms with Gasteiger partial charge >= 0.3 is 0 Å². The van der Waals surface area contributed by atoms with E-state index in [2.05, 4.69) is 0 Å². The molecule has 1 saturated heterocycles. The minimum absolute atomic E-state index is 0.0636. The zero-order valence-corrected chi connectivity index (χ0v) is 13.2. The van der Waals surface area contributed by atoms with Gasteiger partial charge in [0.15, 0.2) is 0 Å². The number of rotatable bonds is 3. The lowest BCUT2D eigenvalue weighted by Gasteiger charge is -2.27. The van der Waals surface area contributed by atoms with Crippen LogP contribution in [-0.2, 0) is 27.7 Å². The average molecular weight is 328 g/mol. The molecule has 0 aliphatic carbocycles. The smallest absolute Gasteiger partial charge is 0.236 e. The van der Waals surface area contributed by atoms with Crippen molar-refractivity contribution >= 4 is 21.6 Å². The standard InChI is InChI=1S/C15H18ClNO3S/c16-14-4-3-12-5-7-17(11-13(12)10-14)21(18,19)9-6-15-2-1-8-20-15/h3-4,6,9-10,15H,1-2,5,7-8,11H2/t15-/m1/s1. The molecule has 1 atom stereocenters. The van der Waals surface area contributed by atoms with Gasteiger partial charge in [0.1, 0.15) is 0 Å². The summed E-state index contributed by atoms with van der Waals surface area (Å²) < 4.78 is 31.7.